The van der Waals surface area contributed by atoms with Crippen LogP contribution in [0.15, 0.2) is 22.5 Å². The molecule has 4 heteroatoms. The van der Waals surface area contributed by atoms with Crippen LogP contribution in [0.4, 0.5) is 0 Å². The van der Waals surface area contributed by atoms with Gasteiger partial charge >= 0.3 is 0 Å². The van der Waals surface area contributed by atoms with Crippen LogP contribution in [0.1, 0.15) is 52.0 Å². The van der Waals surface area contributed by atoms with Crippen molar-refractivity contribution in [3.8, 4) is 0 Å². The molecule has 2 heterocycles. The number of thiophene rings is 1. The molecule has 20 heavy (non-hydrogen) atoms. The van der Waals surface area contributed by atoms with Crippen molar-refractivity contribution in [3.05, 3.63) is 22.4 Å². The van der Waals surface area contributed by atoms with E-state index >= 15 is 0 Å². The van der Waals surface area contributed by atoms with Crippen molar-refractivity contribution >= 4 is 28.3 Å². The normalized spacial score (nSPS) is 21.1. The second kappa shape index (κ2) is 6.52. The van der Waals surface area contributed by atoms with Gasteiger partial charge in [-0.05, 0) is 29.2 Å². The first kappa shape index (κ1) is 15.9. The van der Waals surface area contributed by atoms with Crippen LogP contribution in [0.3, 0.4) is 0 Å². The number of thioether (sulfide) groups is 1. The minimum atomic E-state index is 0.383. The van der Waals surface area contributed by atoms with E-state index in [0.29, 0.717) is 22.6 Å². The van der Waals surface area contributed by atoms with Gasteiger partial charge in [-0.3, -0.25) is 4.99 Å². The number of hydrogen-bond acceptors (Lipinski definition) is 4. The third-order valence-corrected chi connectivity index (χ3v) is 5.43. The van der Waals surface area contributed by atoms with Crippen LogP contribution in [0.2, 0.25) is 0 Å². The number of aliphatic imine (C=N–C) groups is 1. The van der Waals surface area contributed by atoms with E-state index in [9.17, 15) is 0 Å². The fraction of sp³-hybridized carbons (Fsp3) is 0.688. The molecule has 0 aliphatic carbocycles. The summed E-state index contributed by atoms with van der Waals surface area (Å²) in [4.78, 5) is 6.11. The van der Waals surface area contributed by atoms with Crippen LogP contribution in [0, 0.1) is 11.3 Å². The first-order valence-electron chi connectivity index (χ1n) is 7.36. The molecule has 2 rings (SSSR count). The van der Waals surface area contributed by atoms with Gasteiger partial charge in [-0.1, -0.05) is 52.4 Å². The molecule has 1 N–H and O–H groups in total. The lowest BCUT2D eigenvalue weighted by Crippen LogP contribution is -2.29. The minimum Gasteiger partial charge on any atom is -0.357 e. The molecule has 1 aliphatic rings. The summed E-state index contributed by atoms with van der Waals surface area (Å²) < 4.78 is 0. The summed E-state index contributed by atoms with van der Waals surface area (Å²) in [5.74, 6) is 0.568. The number of nitrogens with zero attached hydrogens (tertiary/aromatic N) is 1. The van der Waals surface area contributed by atoms with E-state index in [4.69, 9.17) is 4.99 Å². The minimum absolute atomic E-state index is 0.383. The van der Waals surface area contributed by atoms with Gasteiger partial charge in [0.25, 0.3) is 0 Å². The molecule has 0 aromatic carbocycles. The summed E-state index contributed by atoms with van der Waals surface area (Å²) in [6, 6.07) is 4.73. The van der Waals surface area contributed by atoms with E-state index < -0.39 is 0 Å². The van der Waals surface area contributed by atoms with Gasteiger partial charge in [0.1, 0.15) is 0 Å². The third kappa shape index (κ3) is 4.52. The highest BCUT2D eigenvalue weighted by molar-refractivity contribution is 8.14. The number of rotatable bonds is 4. The van der Waals surface area contributed by atoms with Gasteiger partial charge in [0.2, 0.25) is 0 Å². The molecule has 2 unspecified atom stereocenters. The maximum Gasteiger partial charge on any atom is 0.157 e. The van der Waals surface area contributed by atoms with Crippen LogP contribution in [0.5, 0.6) is 0 Å². The van der Waals surface area contributed by atoms with Gasteiger partial charge < -0.3 is 5.32 Å². The molecule has 1 aliphatic heterocycles. The Kier molecular flexibility index (Phi) is 5.19. The second-order valence-corrected chi connectivity index (χ2v) is 9.30. The Balaban J connectivity index is 1.93. The summed E-state index contributed by atoms with van der Waals surface area (Å²) in [5.41, 5.74) is 0.383. The van der Waals surface area contributed by atoms with Crippen molar-refractivity contribution in [3.63, 3.8) is 0 Å². The molecule has 2 nitrogen and oxygen atoms in total. The van der Waals surface area contributed by atoms with Crippen LogP contribution in [-0.2, 0) is 0 Å². The van der Waals surface area contributed by atoms with Crippen molar-refractivity contribution in [1.29, 1.82) is 0 Å². The van der Waals surface area contributed by atoms with Gasteiger partial charge in [-0.25, -0.2) is 0 Å². The first-order chi connectivity index (χ1) is 9.35. The first-order valence-corrected chi connectivity index (χ1v) is 9.12. The topological polar surface area (TPSA) is 24.4 Å². The Labute approximate surface area is 131 Å². The smallest absolute Gasteiger partial charge is 0.157 e. The van der Waals surface area contributed by atoms with Crippen LogP contribution < -0.4 is 5.32 Å². The molecule has 0 fully saturated rings. The Bertz CT molecular complexity index is 444. The van der Waals surface area contributed by atoms with Gasteiger partial charge in [-0.2, -0.15) is 0 Å². The summed E-state index contributed by atoms with van der Waals surface area (Å²) in [7, 11) is 0. The van der Waals surface area contributed by atoms with Gasteiger partial charge in [0.05, 0.1) is 12.6 Å². The largest absolute Gasteiger partial charge is 0.357 e. The number of amidine groups is 1. The van der Waals surface area contributed by atoms with E-state index in [1.54, 1.807) is 0 Å². The van der Waals surface area contributed by atoms with Crippen molar-refractivity contribution in [2.24, 2.45) is 16.3 Å². The lowest BCUT2D eigenvalue weighted by molar-refractivity contribution is 0.375. The average Bonchev–Trinajstić information content (AvgIpc) is 2.94. The summed E-state index contributed by atoms with van der Waals surface area (Å²) >= 11 is 3.75. The van der Waals surface area contributed by atoms with E-state index in [1.807, 2.05) is 23.1 Å². The summed E-state index contributed by atoms with van der Waals surface area (Å²) in [6.45, 7) is 12.4. The molecule has 0 bridgehead atoms. The zero-order chi connectivity index (χ0) is 14.8. The quantitative estimate of drug-likeness (QED) is 0.851. The predicted molar refractivity (Wildman–Crippen MR) is 92.8 cm³/mol. The molecule has 0 saturated carbocycles. The fourth-order valence-electron chi connectivity index (χ4n) is 2.45. The third-order valence-electron chi connectivity index (χ3n) is 3.35. The number of nitrogens with one attached hydrogen (secondary N) is 1. The predicted octanol–water partition coefficient (Wildman–Crippen LogP) is 4.94. The highest BCUT2D eigenvalue weighted by Gasteiger charge is 2.27. The molecule has 112 valence electrons. The molecule has 1 aromatic rings. The molecule has 0 saturated heterocycles. The molecule has 2 atom stereocenters. The molecular formula is C16H26N2S2. The lowest BCUT2D eigenvalue weighted by Gasteiger charge is -2.24. The Hall–Kier alpha value is -0.480. The maximum absolute atomic E-state index is 4.71. The van der Waals surface area contributed by atoms with E-state index in [2.05, 4.69) is 57.4 Å². The van der Waals surface area contributed by atoms with Crippen molar-refractivity contribution in [2.75, 3.05) is 6.54 Å². The zero-order valence-electron chi connectivity index (χ0n) is 13.1. The van der Waals surface area contributed by atoms with Gasteiger partial charge in [-0.15, -0.1) is 11.3 Å². The van der Waals surface area contributed by atoms with Gasteiger partial charge in [0.15, 0.2) is 5.17 Å². The van der Waals surface area contributed by atoms with Gasteiger partial charge in [0, 0.05) is 10.1 Å². The fourth-order valence-corrected chi connectivity index (χ4v) is 4.79. The Morgan fingerprint density at radius 3 is 2.70 bits per heavy atom. The highest BCUT2D eigenvalue weighted by Crippen LogP contribution is 2.33. The van der Waals surface area contributed by atoms with Crippen LogP contribution in [0.25, 0.3) is 0 Å². The maximum atomic E-state index is 4.71. The standard InChI is InChI=1S/C16H26N2S2/c1-11(2)14(13-7-6-8-19-13)18-15-17-10-12(20-15)9-16(3,4)5/h6-8,11-12,14H,9-10H2,1-5H3,(H,17,18). The zero-order valence-corrected chi connectivity index (χ0v) is 14.8. The van der Waals surface area contributed by atoms with Crippen molar-refractivity contribution in [1.82, 2.24) is 5.32 Å². The summed E-state index contributed by atoms with van der Waals surface area (Å²) in [6.07, 6.45) is 1.22. The SMILES string of the molecule is CC(C)C(NC1=NCC(CC(C)(C)C)S1)c1cccs1. The highest BCUT2D eigenvalue weighted by atomic mass is 32.2. The van der Waals surface area contributed by atoms with Crippen molar-refractivity contribution in [2.45, 2.75) is 52.3 Å². The van der Waals surface area contributed by atoms with Crippen LogP contribution in [-0.4, -0.2) is 17.0 Å². The Morgan fingerprint density at radius 2 is 2.15 bits per heavy atom. The molecule has 0 radical (unpaired) electrons. The van der Waals surface area contributed by atoms with Crippen LogP contribution >= 0.6 is 23.1 Å². The number of hydrogen-bond donors (Lipinski definition) is 1. The monoisotopic (exact) mass is 310 g/mol. The summed E-state index contributed by atoms with van der Waals surface area (Å²) in [5, 5.41) is 7.57. The Morgan fingerprint density at radius 1 is 1.40 bits per heavy atom. The molecule has 0 amide bonds. The van der Waals surface area contributed by atoms with Crippen molar-refractivity contribution < 1.29 is 0 Å². The van der Waals surface area contributed by atoms with E-state index in [1.165, 1.54) is 11.3 Å². The van der Waals surface area contributed by atoms with E-state index in [-0.39, 0.29) is 0 Å². The average molecular weight is 311 g/mol. The molecule has 1 aromatic heterocycles. The second-order valence-electron chi connectivity index (χ2n) is 7.03. The lowest BCUT2D eigenvalue weighted by atomic mass is 9.90. The van der Waals surface area contributed by atoms with E-state index in [0.717, 1.165) is 11.7 Å². The molecular weight excluding hydrogens is 284 g/mol. The molecule has 0 spiro atoms.